The zero-order valence-corrected chi connectivity index (χ0v) is 23.9. The molecule has 4 N–H and O–H groups in total. The first-order chi connectivity index (χ1) is 18.3. The molecule has 0 saturated heterocycles. The predicted molar refractivity (Wildman–Crippen MR) is 151 cm³/mol. The number of halogens is 1. The molecule has 3 atom stereocenters. The van der Waals surface area contributed by atoms with E-state index in [1.807, 2.05) is 0 Å². The Morgan fingerprint density at radius 3 is 2.45 bits per heavy atom. The molecule has 12 heteroatoms. The fourth-order valence-corrected chi connectivity index (χ4v) is 6.29. The summed E-state index contributed by atoms with van der Waals surface area (Å²) in [6, 6.07) is 4.34. The largest absolute Gasteiger partial charge is 0.495 e. The van der Waals surface area contributed by atoms with Crippen LogP contribution in [-0.4, -0.2) is 70.1 Å². The van der Waals surface area contributed by atoms with Gasteiger partial charge in [-0.05, 0) is 61.8 Å². The van der Waals surface area contributed by atoms with Gasteiger partial charge in [-0.3, -0.25) is 0 Å². The van der Waals surface area contributed by atoms with E-state index in [1.54, 1.807) is 20.4 Å². The fourth-order valence-electron chi connectivity index (χ4n) is 5.32. The summed E-state index contributed by atoms with van der Waals surface area (Å²) in [6.45, 7) is 1.56. The molecule has 1 aromatic carbocycles. The van der Waals surface area contributed by atoms with E-state index in [9.17, 15) is 8.42 Å². The highest BCUT2D eigenvalue weighted by Crippen LogP contribution is 2.34. The SMILES string of the molecule is COCCNC1CCc2cc(Nc3ncc(Cl)c(N[C@@H]4CCCC[C@H]4NS(C)(=O)=O)n3)c(OC)cc2CC1. The molecule has 0 aliphatic heterocycles. The van der Waals surface area contributed by atoms with E-state index in [0.717, 1.165) is 69.3 Å². The number of ether oxygens (including phenoxy) is 2. The average molecular weight is 567 g/mol. The predicted octanol–water partition coefficient (Wildman–Crippen LogP) is 3.64. The summed E-state index contributed by atoms with van der Waals surface area (Å²) < 4.78 is 37.4. The van der Waals surface area contributed by atoms with Gasteiger partial charge in [-0.2, -0.15) is 4.98 Å². The number of fused-ring (bicyclic) bond motifs is 1. The lowest BCUT2D eigenvalue weighted by Gasteiger charge is -2.32. The second kappa shape index (κ2) is 13.3. The Morgan fingerprint density at radius 2 is 1.76 bits per heavy atom. The molecule has 1 unspecified atom stereocenters. The Labute approximate surface area is 230 Å². The molecule has 10 nitrogen and oxygen atoms in total. The van der Waals surface area contributed by atoms with Crippen LogP contribution in [0.3, 0.4) is 0 Å². The molecule has 2 aromatic rings. The van der Waals surface area contributed by atoms with E-state index >= 15 is 0 Å². The van der Waals surface area contributed by atoms with Gasteiger partial charge in [-0.25, -0.2) is 18.1 Å². The topological polar surface area (TPSA) is 126 Å². The van der Waals surface area contributed by atoms with Crippen molar-refractivity contribution in [3.05, 3.63) is 34.5 Å². The maximum absolute atomic E-state index is 11.9. The van der Waals surface area contributed by atoms with Gasteiger partial charge in [-0.15, -0.1) is 0 Å². The van der Waals surface area contributed by atoms with Gasteiger partial charge in [0.05, 0.1) is 31.9 Å². The van der Waals surface area contributed by atoms with Crippen LogP contribution in [0.2, 0.25) is 5.02 Å². The monoisotopic (exact) mass is 566 g/mol. The number of anilines is 3. The first kappa shape index (κ1) is 28.8. The van der Waals surface area contributed by atoms with Crippen molar-refractivity contribution in [2.75, 3.05) is 44.3 Å². The van der Waals surface area contributed by atoms with Crippen LogP contribution in [0.25, 0.3) is 0 Å². The van der Waals surface area contributed by atoms with Crippen molar-refractivity contribution in [3.63, 3.8) is 0 Å². The van der Waals surface area contributed by atoms with E-state index < -0.39 is 10.0 Å². The third kappa shape index (κ3) is 7.92. The Hall–Kier alpha value is -2.18. The molecule has 2 aliphatic rings. The van der Waals surface area contributed by atoms with Crippen LogP contribution in [-0.2, 0) is 27.6 Å². The average Bonchev–Trinajstić information content (AvgIpc) is 3.08. The number of benzene rings is 1. The Kier molecular flexibility index (Phi) is 10.1. The number of methoxy groups -OCH3 is 2. The molecule has 210 valence electrons. The lowest BCUT2D eigenvalue weighted by atomic mass is 9.91. The number of nitrogens with one attached hydrogen (secondary N) is 4. The third-order valence-electron chi connectivity index (χ3n) is 7.23. The maximum Gasteiger partial charge on any atom is 0.229 e. The highest BCUT2D eigenvalue weighted by Gasteiger charge is 2.28. The standard InChI is InChI=1S/C26H39ClN6O4S/c1-36-13-12-28-19-10-8-17-14-23(24(37-2)15-18(17)9-11-19)31-26-29-16-20(27)25(32-26)30-21-6-4-5-7-22(21)33-38(3,34)35/h14-16,19,21-22,28,33H,4-13H2,1-3H3,(H2,29,30,31,32)/t19?,21-,22-/m1/s1. The van der Waals surface area contributed by atoms with Gasteiger partial charge in [0.1, 0.15) is 10.8 Å². The summed E-state index contributed by atoms with van der Waals surface area (Å²) in [6.07, 6.45) is 10.3. The van der Waals surface area contributed by atoms with Crippen LogP contribution in [0.15, 0.2) is 18.3 Å². The molecule has 4 rings (SSSR count). The molecular weight excluding hydrogens is 528 g/mol. The van der Waals surface area contributed by atoms with Crippen molar-refractivity contribution < 1.29 is 17.9 Å². The highest BCUT2D eigenvalue weighted by atomic mass is 35.5. The van der Waals surface area contributed by atoms with Crippen molar-refractivity contribution in [1.29, 1.82) is 0 Å². The van der Waals surface area contributed by atoms with Crippen molar-refractivity contribution in [3.8, 4) is 5.75 Å². The Morgan fingerprint density at radius 1 is 1.05 bits per heavy atom. The second-order valence-corrected chi connectivity index (χ2v) is 12.3. The first-order valence-corrected chi connectivity index (χ1v) is 15.5. The molecule has 38 heavy (non-hydrogen) atoms. The van der Waals surface area contributed by atoms with E-state index in [4.69, 9.17) is 21.1 Å². The molecule has 0 radical (unpaired) electrons. The summed E-state index contributed by atoms with van der Waals surface area (Å²) in [4.78, 5) is 9.02. The normalized spacial score (nSPS) is 21.8. The minimum absolute atomic E-state index is 0.119. The van der Waals surface area contributed by atoms with Crippen LogP contribution in [0.5, 0.6) is 5.75 Å². The molecule has 1 saturated carbocycles. The summed E-state index contributed by atoms with van der Waals surface area (Å²) >= 11 is 6.44. The molecule has 1 heterocycles. The van der Waals surface area contributed by atoms with Gasteiger partial charge < -0.3 is 25.4 Å². The lowest BCUT2D eigenvalue weighted by molar-refractivity contribution is 0.194. The molecule has 0 bridgehead atoms. The van der Waals surface area contributed by atoms with Gasteiger partial charge in [0.15, 0.2) is 5.82 Å². The summed E-state index contributed by atoms with van der Waals surface area (Å²) in [7, 11) is 0.0522. The highest BCUT2D eigenvalue weighted by molar-refractivity contribution is 7.88. The Bertz CT molecular complexity index is 1200. The summed E-state index contributed by atoms with van der Waals surface area (Å²) in [5, 5.41) is 10.6. The molecule has 0 spiro atoms. The number of aryl methyl sites for hydroxylation is 2. The van der Waals surface area contributed by atoms with Gasteiger partial charge in [-0.1, -0.05) is 24.4 Å². The Balaban J connectivity index is 1.49. The van der Waals surface area contributed by atoms with Gasteiger partial charge in [0.2, 0.25) is 16.0 Å². The molecule has 0 amide bonds. The zero-order valence-electron chi connectivity index (χ0n) is 22.3. The van der Waals surface area contributed by atoms with Crippen LogP contribution < -0.4 is 25.4 Å². The van der Waals surface area contributed by atoms with Crippen molar-refractivity contribution in [1.82, 2.24) is 20.0 Å². The lowest BCUT2D eigenvalue weighted by Crippen LogP contribution is -2.48. The minimum atomic E-state index is -3.33. The summed E-state index contributed by atoms with van der Waals surface area (Å²) in [5.41, 5.74) is 3.37. The molecule has 2 aliphatic carbocycles. The minimum Gasteiger partial charge on any atom is -0.495 e. The van der Waals surface area contributed by atoms with E-state index in [1.165, 1.54) is 17.4 Å². The number of rotatable bonds is 11. The quantitative estimate of drug-likeness (QED) is 0.238. The summed E-state index contributed by atoms with van der Waals surface area (Å²) in [5.74, 6) is 1.58. The second-order valence-electron chi connectivity index (χ2n) is 10.1. The third-order valence-corrected chi connectivity index (χ3v) is 8.24. The van der Waals surface area contributed by atoms with Crippen molar-refractivity contribution in [2.24, 2.45) is 0 Å². The van der Waals surface area contributed by atoms with Gasteiger partial charge >= 0.3 is 0 Å². The molecular formula is C26H39ClN6O4S. The van der Waals surface area contributed by atoms with Crippen LogP contribution in [0.4, 0.5) is 17.5 Å². The van der Waals surface area contributed by atoms with Crippen molar-refractivity contribution in [2.45, 2.75) is 69.5 Å². The van der Waals surface area contributed by atoms with Gasteiger partial charge in [0.25, 0.3) is 0 Å². The number of hydrogen-bond donors (Lipinski definition) is 4. The molecule has 1 aromatic heterocycles. The number of aromatic nitrogens is 2. The van der Waals surface area contributed by atoms with Crippen LogP contribution in [0.1, 0.15) is 49.7 Å². The van der Waals surface area contributed by atoms with Crippen molar-refractivity contribution >= 4 is 39.1 Å². The van der Waals surface area contributed by atoms with E-state index in [0.29, 0.717) is 29.4 Å². The smallest absolute Gasteiger partial charge is 0.229 e. The number of nitrogens with zero attached hydrogens (tertiary/aromatic N) is 2. The van der Waals surface area contributed by atoms with E-state index in [-0.39, 0.29) is 12.1 Å². The fraction of sp³-hybridized carbons (Fsp3) is 0.615. The maximum atomic E-state index is 11.9. The molecule has 1 fully saturated rings. The zero-order chi connectivity index (χ0) is 27.1. The number of sulfonamides is 1. The van der Waals surface area contributed by atoms with Crippen LogP contribution in [0, 0.1) is 0 Å². The van der Waals surface area contributed by atoms with Gasteiger partial charge in [0, 0.05) is 31.8 Å². The van der Waals surface area contributed by atoms with Crippen LogP contribution >= 0.6 is 11.6 Å². The van der Waals surface area contributed by atoms with E-state index in [2.05, 4.69) is 42.8 Å². The number of hydrogen-bond acceptors (Lipinski definition) is 9. The first-order valence-electron chi connectivity index (χ1n) is 13.2.